The maximum atomic E-state index is 13.1. The molecule has 1 atom stereocenters. The van der Waals surface area contributed by atoms with E-state index in [-0.39, 0.29) is 30.5 Å². The summed E-state index contributed by atoms with van der Waals surface area (Å²) in [6.45, 7) is 0.0802. The first-order chi connectivity index (χ1) is 15.4. The van der Waals surface area contributed by atoms with Crippen molar-refractivity contribution in [2.45, 2.75) is 23.0 Å². The summed E-state index contributed by atoms with van der Waals surface area (Å²) in [5.41, 5.74) is -0.0435. The Kier molecular flexibility index (Phi) is 6.36. The molecule has 0 saturated carbocycles. The number of thioether (sulfide) groups is 1. The smallest absolute Gasteiger partial charge is 0.306 e. The molecule has 1 aromatic heterocycles. The van der Waals surface area contributed by atoms with E-state index in [9.17, 15) is 19.1 Å². The van der Waals surface area contributed by atoms with Crippen LogP contribution >= 0.6 is 11.8 Å². The summed E-state index contributed by atoms with van der Waals surface area (Å²) in [4.78, 5) is 25.4. The second-order valence-corrected chi connectivity index (χ2v) is 8.03. The zero-order chi connectivity index (χ0) is 22.7. The third-order valence-electron chi connectivity index (χ3n) is 4.91. The van der Waals surface area contributed by atoms with Crippen molar-refractivity contribution in [3.05, 3.63) is 81.7 Å². The molecule has 0 amide bonds. The lowest BCUT2D eigenvalue weighted by molar-refractivity contribution is -0.140. The number of ether oxygens (including phenoxy) is 3. The van der Waals surface area contributed by atoms with Gasteiger partial charge in [-0.1, -0.05) is 6.07 Å². The van der Waals surface area contributed by atoms with Gasteiger partial charge in [-0.3, -0.25) is 9.59 Å². The molecule has 7 nitrogen and oxygen atoms in total. The van der Waals surface area contributed by atoms with Gasteiger partial charge in [0.05, 0.1) is 25.2 Å². The van der Waals surface area contributed by atoms with E-state index in [1.165, 1.54) is 37.1 Å². The molecule has 166 valence electrons. The van der Waals surface area contributed by atoms with Crippen LogP contribution in [0, 0.1) is 5.82 Å². The van der Waals surface area contributed by atoms with Crippen LogP contribution in [0.5, 0.6) is 17.2 Å². The van der Waals surface area contributed by atoms with Gasteiger partial charge in [0.15, 0.2) is 17.3 Å². The Hall–Kier alpha value is -3.46. The highest BCUT2D eigenvalue weighted by Crippen LogP contribution is 2.39. The van der Waals surface area contributed by atoms with Gasteiger partial charge in [-0.05, 0) is 42.0 Å². The largest absolute Gasteiger partial charge is 0.502 e. The van der Waals surface area contributed by atoms with E-state index >= 15 is 0 Å². The van der Waals surface area contributed by atoms with E-state index in [1.807, 2.05) is 0 Å². The van der Waals surface area contributed by atoms with E-state index in [1.54, 1.807) is 30.3 Å². The molecule has 0 fully saturated rings. The van der Waals surface area contributed by atoms with E-state index in [0.29, 0.717) is 22.8 Å². The van der Waals surface area contributed by atoms with Gasteiger partial charge in [-0.15, -0.1) is 11.8 Å². The highest BCUT2D eigenvalue weighted by atomic mass is 32.2. The lowest BCUT2D eigenvalue weighted by Gasteiger charge is -2.18. The average Bonchev–Trinajstić information content (AvgIpc) is 3.27. The van der Waals surface area contributed by atoms with Crippen molar-refractivity contribution in [1.82, 2.24) is 0 Å². The lowest BCUT2D eigenvalue weighted by Crippen LogP contribution is -2.14. The molecular formula is C23H19FO7S. The van der Waals surface area contributed by atoms with E-state index in [4.69, 9.17) is 18.6 Å². The third-order valence-corrected chi connectivity index (χ3v) is 5.94. The molecule has 1 N–H and O–H groups in total. The molecule has 3 aromatic rings. The molecule has 0 unspecified atom stereocenters. The summed E-state index contributed by atoms with van der Waals surface area (Å²) in [5, 5.41) is 10.5. The number of halogens is 1. The van der Waals surface area contributed by atoms with Crippen molar-refractivity contribution in [1.29, 1.82) is 0 Å². The van der Waals surface area contributed by atoms with E-state index < -0.39 is 23.1 Å². The number of aromatic hydroxyl groups is 1. The van der Waals surface area contributed by atoms with Crippen molar-refractivity contribution in [2.75, 3.05) is 13.9 Å². The number of carbonyl (C=O) groups excluding carboxylic acids is 1. The quantitative estimate of drug-likeness (QED) is 0.416. The van der Waals surface area contributed by atoms with Crippen LogP contribution in [0.3, 0.4) is 0 Å². The fourth-order valence-corrected chi connectivity index (χ4v) is 4.07. The third kappa shape index (κ3) is 4.72. The Morgan fingerprint density at radius 2 is 1.91 bits per heavy atom. The molecule has 0 saturated heterocycles. The molecule has 2 aromatic carbocycles. The first kappa shape index (κ1) is 21.8. The van der Waals surface area contributed by atoms with Gasteiger partial charge in [0, 0.05) is 11.0 Å². The number of esters is 1. The number of methoxy groups -OCH3 is 1. The molecule has 32 heavy (non-hydrogen) atoms. The zero-order valence-electron chi connectivity index (χ0n) is 17.0. The summed E-state index contributed by atoms with van der Waals surface area (Å²) < 4.78 is 34.5. The van der Waals surface area contributed by atoms with Crippen LogP contribution in [0.2, 0.25) is 0 Å². The van der Waals surface area contributed by atoms with Gasteiger partial charge in [-0.2, -0.15) is 0 Å². The minimum Gasteiger partial charge on any atom is -0.502 e. The molecule has 2 heterocycles. The highest BCUT2D eigenvalue weighted by Gasteiger charge is 2.28. The Labute approximate surface area is 186 Å². The summed E-state index contributed by atoms with van der Waals surface area (Å²) in [5.74, 6) is -0.692. The molecule has 0 aliphatic carbocycles. The van der Waals surface area contributed by atoms with Crippen LogP contribution in [-0.4, -0.2) is 25.0 Å². The number of hydrogen-bond acceptors (Lipinski definition) is 8. The van der Waals surface area contributed by atoms with Crippen LogP contribution in [0.1, 0.15) is 29.4 Å². The average molecular weight is 458 g/mol. The molecule has 0 radical (unpaired) electrons. The second-order valence-electron chi connectivity index (χ2n) is 6.98. The number of benzene rings is 2. The summed E-state index contributed by atoms with van der Waals surface area (Å²) in [6.07, 6.45) is -0.165. The Morgan fingerprint density at radius 1 is 1.16 bits per heavy atom. The number of fused-ring (bicyclic) bond motifs is 1. The van der Waals surface area contributed by atoms with E-state index in [0.717, 1.165) is 4.90 Å². The molecule has 4 rings (SSSR count). The van der Waals surface area contributed by atoms with Crippen LogP contribution in [-0.2, 0) is 15.3 Å². The van der Waals surface area contributed by atoms with E-state index in [2.05, 4.69) is 0 Å². The van der Waals surface area contributed by atoms with Gasteiger partial charge in [0.2, 0.25) is 18.0 Å². The van der Waals surface area contributed by atoms with Crippen LogP contribution in [0.4, 0.5) is 4.39 Å². The zero-order valence-corrected chi connectivity index (χ0v) is 17.8. The van der Waals surface area contributed by atoms with Crippen molar-refractivity contribution >= 4 is 17.7 Å². The lowest BCUT2D eigenvalue weighted by atomic mass is 9.92. The van der Waals surface area contributed by atoms with Gasteiger partial charge >= 0.3 is 5.97 Å². The fraction of sp³-hybridized carbons (Fsp3) is 0.217. The van der Waals surface area contributed by atoms with Crippen molar-refractivity contribution in [3.8, 4) is 17.2 Å². The Bertz CT molecular complexity index is 1190. The normalized spacial score (nSPS) is 13.1. The predicted octanol–water partition coefficient (Wildman–Crippen LogP) is 4.20. The monoisotopic (exact) mass is 458 g/mol. The standard InChI is InChI=1S/C23H19FO7S/c1-28-21(26)10-17(13-2-7-19-20(8-13)30-12-29-19)23-22(27)18(25)9-15(31-23)11-32-16-5-3-14(24)4-6-16/h2-9,17,27H,10-12H2,1H3/t17-/m0/s1. The molecule has 9 heteroatoms. The maximum absolute atomic E-state index is 13.1. The number of carbonyl (C=O) groups is 1. The van der Waals surface area contributed by atoms with Gasteiger partial charge in [0.1, 0.15) is 11.6 Å². The van der Waals surface area contributed by atoms with Crippen LogP contribution in [0.25, 0.3) is 0 Å². The fourth-order valence-electron chi connectivity index (χ4n) is 3.29. The summed E-state index contributed by atoms with van der Waals surface area (Å²) >= 11 is 1.34. The first-order valence-corrected chi connectivity index (χ1v) is 10.6. The molecule has 0 bridgehead atoms. The Balaban J connectivity index is 1.68. The van der Waals surface area contributed by atoms with Crippen LogP contribution < -0.4 is 14.9 Å². The number of hydrogen-bond donors (Lipinski definition) is 1. The van der Waals surface area contributed by atoms with Crippen molar-refractivity contribution in [3.63, 3.8) is 0 Å². The SMILES string of the molecule is COC(=O)C[C@@H](c1ccc2c(c1)OCO2)c1oc(CSc2ccc(F)cc2)cc(=O)c1O. The van der Waals surface area contributed by atoms with Gasteiger partial charge in [0.25, 0.3) is 0 Å². The molecule has 0 spiro atoms. The maximum Gasteiger partial charge on any atom is 0.306 e. The summed E-state index contributed by atoms with van der Waals surface area (Å²) in [7, 11) is 1.25. The molecular weight excluding hydrogens is 439 g/mol. The minimum atomic E-state index is -0.791. The summed E-state index contributed by atoms with van der Waals surface area (Å²) in [6, 6.07) is 12.2. The van der Waals surface area contributed by atoms with Gasteiger partial charge in [-0.25, -0.2) is 4.39 Å². The first-order valence-electron chi connectivity index (χ1n) is 9.65. The van der Waals surface area contributed by atoms with Crippen molar-refractivity contribution < 1.29 is 32.9 Å². The van der Waals surface area contributed by atoms with Crippen molar-refractivity contribution in [2.24, 2.45) is 0 Å². The molecule has 1 aliphatic heterocycles. The van der Waals surface area contributed by atoms with Crippen LogP contribution in [0.15, 0.2) is 62.6 Å². The number of rotatable bonds is 7. The topological polar surface area (TPSA) is 95.2 Å². The van der Waals surface area contributed by atoms with Gasteiger partial charge < -0.3 is 23.7 Å². The molecule has 1 aliphatic rings. The highest BCUT2D eigenvalue weighted by molar-refractivity contribution is 7.98. The second kappa shape index (κ2) is 9.35. The predicted molar refractivity (Wildman–Crippen MR) is 114 cm³/mol. The Morgan fingerprint density at radius 3 is 2.66 bits per heavy atom. The minimum absolute atomic E-state index is 0.0449.